The minimum atomic E-state index is 0.138. The number of hydrogen-bond donors (Lipinski definition) is 1. The van der Waals surface area contributed by atoms with Gasteiger partial charge in [0.2, 0.25) is 0 Å². The minimum absolute atomic E-state index is 0.138. The lowest BCUT2D eigenvalue weighted by Gasteiger charge is -2.19. The van der Waals surface area contributed by atoms with Crippen LogP contribution in [0.4, 0.5) is 0 Å². The Bertz CT molecular complexity index is 178. The molecule has 0 radical (unpaired) electrons. The predicted octanol–water partition coefficient (Wildman–Crippen LogP) is 1.94. The zero-order chi connectivity index (χ0) is 6.97. The molecule has 0 saturated carbocycles. The minimum Gasteiger partial charge on any atom is -0.297 e. The molecule has 3 heteroatoms. The molecule has 10 heavy (non-hydrogen) atoms. The molecule has 0 aromatic heterocycles. The van der Waals surface area contributed by atoms with Crippen molar-refractivity contribution < 1.29 is 0 Å². The average Bonchev–Trinajstić information content (AvgIpc) is 2.36. The molecule has 1 unspecified atom stereocenters. The largest absolute Gasteiger partial charge is 0.297 e. The van der Waals surface area contributed by atoms with Crippen LogP contribution in [-0.4, -0.2) is 17.8 Å². The molecular weight excluding hydrogens is 166 g/mol. The maximum absolute atomic E-state index is 6.04. The van der Waals surface area contributed by atoms with Crippen LogP contribution in [0.1, 0.15) is 12.8 Å². The highest BCUT2D eigenvalue weighted by Gasteiger charge is 2.24. The van der Waals surface area contributed by atoms with Gasteiger partial charge in [-0.15, -0.1) is 23.4 Å². The molecule has 1 nitrogen and oxygen atoms in total. The summed E-state index contributed by atoms with van der Waals surface area (Å²) in [5.41, 5.74) is 1.59. The molecule has 0 bridgehead atoms. The van der Waals surface area contributed by atoms with Crippen molar-refractivity contribution in [3.05, 3.63) is 10.5 Å². The highest BCUT2D eigenvalue weighted by atomic mass is 35.5. The number of thioether (sulfide) groups is 1. The standard InChI is InChI=1S/C7H10ClNS/c8-7-5-2-4-10-6(5)1-3-9-7/h7,9H,1-4H2. The summed E-state index contributed by atoms with van der Waals surface area (Å²) in [6.07, 6.45) is 2.39. The normalized spacial score (nSPS) is 32.7. The summed E-state index contributed by atoms with van der Waals surface area (Å²) in [7, 11) is 0. The van der Waals surface area contributed by atoms with Gasteiger partial charge in [-0.05, 0) is 23.3 Å². The van der Waals surface area contributed by atoms with Crippen LogP contribution < -0.4 is 5.32 Å². The molecule has 2 aliphatic heterocycles. The SMILES string of the molecule is ClC1NCCC2=C1CCS2. The Balaban J connectivity index is 2.22. The Kier molecular flexibility index (Phi) is 1.94. The second-order valence-electron chi connectivity index (χ2n) is 2.61. The monoisotopic (exact) mass is 175 g/mol. The van der Waals surface area contributed by atoms with Crippen LogP contribution in [0, 0.1) is 0 Å². The zero-order valence-electron chi connectivity index (χ0n) is 5.69. The van der Waals surface area contributed by atoms with Gasteiger partial charge in [-0.3, -0.25) is 5.32 Å². The molecule has 2 heterocycles. The number of alkyl halides is 1. The molecule has 1 atom stereocenters. The first-order valence-corrected chi connectivity index (χ1v) is 5.02. The number of hydrogen-bond acceptors (Lipinski definition) is 2. The Hall–Kier alpha value is 0.340. The van der Waals surface area contributed by atoms with Crippen molar-refractivity contribution in [3.63, 3.8) is 0 Å². The van der Waals surface area contributed by atoms with Crippen molar-refractivity contribution in [1.29, 1.82) is 0 Å². The third-order valence-electron chi connectivity index (χ3n) is 1.99. The number of rotatable bonds is 0. The van der Waals surface area contributed by atoms with E-state index in [-0.39, 0.29) is 5.50 Å². The van der Waals surface area contributed by atoms with Gasteiger partial charge in [0.05, 0.1) is 0 Å². The van der Waals surface area contributed by atoms with E-state index in [0.717, 1.165) is 6.54 Å². The van der Waals surface area contributed by atoms with Crippen molar-refractivity contribution in [2.24, 2.45) is 0 Å². The molecule has 2 aliphatic rings. The van der Waals surface area contributed by atoms with E-state index in [0.29, 0.717) is 0 Å². The van der Waals surface area contributed by atoms with E-state index in [4.69, 9.17) is 11.6 Å². The maximum atomic E-state index is 6.04. The summed E-state index contributed by atoms with van der Waals surface area (Å²) in [5, 5.41) is 3.25. The molecule has 0 saturated heterocycles. The summed E-state index contributed by atoms with van der Waals surface area (Å²) in [4.78, 5) is 1.55. The Morgan fingerprint density at radius 1 is 1.50 bits per heavy atom. The van der Waals surface area contributed by atoms with E-state index in [9.17, 15) is 0 Å². The van der Waals surface area contributed by atoms with Gasteiger partial charge < -0.3 is 0 Å². The predicted molar refractivity (Wildman–Crippen MR) is 46.4 cm³/mol. The highest BCUT2D eigenvalue weighted by molar-refractivity contribution is 8.03. The first-order chi connectivity index (χ1) is 4.88. The van der Waals surface area contributed by atoms with Gasteiger partial charge in [0, 0.05) is 12.3 Å². The van der Waals surface area contributed by atoms with Crippen LogP contribution in [0.5, 0.6) is 0 Å². The van der Waals surface area contributed by atoms with Crippen LogP contribution in [-0.2, 0) is 0 Å². The van der Waals surface area contributed by atoms with Crippen molar-refractivity contribution >= 4 is 23.4 Å². The van der Waals surface area contributed by atoms with Crippen LogP contribution in [0.15, 0.2) is 10.5 Å². The molecule has 2 rings (SSSR count). The molecule has 1 N–H and O–H groups in total. The molecule has 0 aromatic carbocycles. The van der Waals surface area contributed by atoms with E-state index < -0.39 is 0 Å². The van der Waals surface area contributed by atoms with E-state index in [1.165, 1.54) is 24.2 Å². The first kappa shape index (κ1) is 7.01. The second kappa shape index (κ2) is 2.76. The Labute approximate surface area is 70.2 Å². The summed E-state index contributed by atoms with van der Waals surface area (Å²) in [6, 6.07) is 0. The van der Waals surface area contributed by atoms with Gasteiger partial charge in [0.1, 0.15) is 5.50 Å². The van der Waals surface area contributed by atoms with E-state index >= 15 is 0 Å². The molecule has 0 fully saturated rings. The van der Waals surface area contributed by atoms with Gasteiger partial charge in [0.15, 0.2) is 0 Å². The summed E-state index contributed by atoms with van der Waals surface area (Å²) >= 11 is 8.02. The fourth-order valence-electron chi connectivity index (χ4n) is 1.45. The molecule has 0 spiro atoms. The maximum Gasteiger partial charge on any atom is 0.105 e. The average molecular weight is 176 g/mol. The third-order valence-corrected chi connectivity index (χ3v) is 3.63. The van der Waals surface area contributed by atoms with Crippen molar-refractivity contribution in [1.82, 2.24) is 5.32 Å². The van der Waals surface area contributed by atoms with E-state index in [2.05, 4.69) is 5.32 Å². The Morgan fingerprint density at radius 2 is 2.40 bits per heavy atom. The lowest BCUT2D eigenvalue weighted by atomic mass is 10.1. The quantitative estimate of drug-likeness (QED) is 0.446. The third kappa shape index (κ3) is 1.09. The molecule has 0 amide bonds. The second-order valence-corrected chi connectivity index (χ2v) is 4.24. The fraction of sp³-hybridized carbons (Fsp3) is 0.714. The summed E-state index contributed by atoms with van der Waals surface area (Å²) < 4.78 is 0. The fourth-order valence-corrected chi connectivity index (χ4v) is 3.09. The van der Waals surface area contributed by atoms with E-state index in [1.54, 1.807) is 4.91 Å². The lowest BCUT2D eigenvalue weighted by molar-refractivity contribution is 0.648. The van der Waals surface area contributed by atoms with Gasteiger partial charge >= 0.3 is 0 Å². The zero-order valence-corrected chi connectivity index (χ0v) is 7.26. The molecule has 0 aliphatic carbocycles. The van der Waals surface area contributed by atoms with Crippen LogP contribution >= 0.6 is 23.4 Å². The van der Waals surface area contributed by atoms with Crippen molar-refractivity contribution in [2.45, 2.75) is 18.3 Å². The number of halogens is 1. The van der Waals surface area contributed by atoms with Gasteiger partial charge in [-0.2, -0.15) is 0 Å². The summed E-state index contributed by atoms with van der Waals surface area (Å²) in [5.74, 6) is 1.25. The van der Waals surface area contributed by atoms with E-state index in [1.807, 2.05) is 11.8 Å². The Morgan fingerprint density at radius 3 is 3.20 bits per heavy atom. The molecule has 56 valence electrons. The smallest absolute Gasteiger partial charge is 0.105 e. The van der Waals surface area contributed by atoms with Crippen LogP contribution in [0.25, 0.3) is 0 Å². The number of nitrogens with one attached hydrogen (secondary N) is 1. The van der Waals surface area contributed by atoms with Crippen LogP contribution in [0.3, 0.4) is 0 Å². The molecule has 0 aromatic rings. The van der Waals surface area contributed by atoms with Gasteiger partial charge in [-0.1, -0.05) is 0 Å². The topological polar surface area (TPSA) is 12.0 Å². The van der Waals surface area contributed by atoms with Gasteiger partial charge in [-0.25, -0.2) is 0 Å². The molecular formula is C7H10ClNS. The lowest BCUT2D eigenvalue weighted by Crippen LogP contribution is -2.30. The summed E-state index contributed by atoms with van der Waals surface area (Å²) in [6.45, 7) is 1.06. The highest BCUT2D eigenvalue weighted by Crippen LogP contribution is 2.38. The van der Waals surface area contributed by atoms with Crippen molar-refractivity contribution in [3.8, 4) is 0 Å². The van der Waals surface area contributed by atoms with Crippen LogP contribution in [0.2, 0.25) is 0 Å². The van der Waals surface area contributed by atoms with Gasteiger partial charge in [0.25, 0.3) is 0 Å². The van der Waals surface area contributed by atoms with Crippen molar-refractivity contribution in [2.75, 3.05) is 12.3 Å². The first-order valence-electron chi connectivity index (χ1n) is 3.60.